The molecule has 0 saturated heterocycles. The van der Waals surface area contributed by atoms with Crippen LogP contribution < -0.4 is 0 Å². The molecule has 2 aliphatic rings. The Hall–Kier alpha value is -1.57. The molecule has 2 aliphatic carbocycles. The minimum absolute atomic E-state index is 0.00106. The van der Waals surface area contributed by atoms with Crippen LogP contribution in [0, 0.1) is 11.3 Å². The molecule has 4 unspecified atom stereocenters. The summed E-state index contributed by atoms with van der Waals surface area (Å²) in [5, 5.41) is 0. The topological polar surface area (TPSA) is 26.3 Å². The van der Waals surface area contributed by atoms with Crippen molar-refractivity contribution in [1.82, 2.24) is 0 Å². The van der Waals surface area contributed by atoms with Crippen LogP contribution in [0.2, 0.25) is 0 Å². The van der Waals surface area contributed by atoms with Gasteiger partial charge in [-0.15, -0.1) is 0 Å². The molecular weight excluding hydrogens is 320 g/mol. The van der Waals surface area contributed by atoms with Gasteiger partial charge in [-0.05, 0) is 55.7 Å². The van der Waals surface area contributed by atoms with Gasteiger partial charge in [-0.2, -0.15) is 0 Å². The molecular formula is C24H34O2. The van der Waals surface area contributed by atoms with E-state index < -0.39 is 5.41 Å². The predicted octanol–water partition coefficient (Wildman–Crippen LogP) is 6.24. The summed E-state index contributed by atoms with van der Waals surface area (Å²) in [5.74, 6) is 0.703. The van der Waals surface area contributed by atoms with Crippen molar-refractivity contribution in [2.24, 2.45) is 11.3 Å². The number of esters is 1. The summed E-state index contributed by atoms with van der Waals surface area (Å²) in [6.45, 7) is 13.0. The molecule has 142 valence electrons. The van der Waals surface area contributed by atoms with Gasteiger partial charge in [0.25, 0.3) is 0 Å². The maximum absolute atomic E-state index is 13.1. The normalized spacial score (nSPS) is 31.3. The highest BCUT2D eigenvalue weighted by Gasteiger charge is 2.54. The van der Waals surface area contributed by atoms with Crippen LogP contribution in [0.4, 0.5) is 0 Å². The van der Waals surface area contributed by atoms with Crippen molar-refractivity contribution in [3.63, 3.8) is 0 Å². The molecule has 0 heterocycles. The number of fused-ring (bicyclic) bond motifs is 3. The van der Waals surface area contributed by atoms with Gasteiger partial charge in [-0.25, -0.2) is 0 Å². The Morgan fingerprint density at radius 2 is 1.96 bits per heavy atom. The summed E-state index contributed by atoms with van der Waals surface area (Å²) in [4.78, 5) is 13.1. The fourth-order valence-electron chi connectivity index (χ4n) is 4.99. The van der Waals surface area contributed by atoms with E-state index in [9.17, 15) is 4.79 Å². The zero-order chi connectivity index (χ0) is 19.1. The summed E-state index contributed by atoms with van der Waals surface area (Å²) in [6, 6.07) is 6.92. The van der Waals surface area contributed by atoms with Crippen LogP contribution in [0.3, 0.4) is 0 Å². The van der Waals surface area contributed by atoms with E-state index in [0.717, 1.165) is 25.7 Å². The van der Waals surface area contributed by atoms with Gasteiger partial charge in [0.05, 0.1) is 11.5 Å². The first kappa shape index (κ1) is 19.2. The quantitative estimate of drug-likeness (QED) is 0.598. The predicted molar refractivity (Wildman–Crippen MR) is 108 cm³/mol. The van der Waals surface area contributed by atoms with Crippen molar-refractivity contribution >= 4 is 12.0 Å². The Morgan fingerprint density at radius 1 is 1.23 bits per heavy atom. The number of benzene rings is 1. The van der Waals surface area contributed by atoms with E-state index in [2.05, 4.69) is 65.0 Å². The maximum Gasteiger partial charge on any atom is 0.312 e. The first-order valence-electron chi connectivity index (χ1n) is 10.3. The van der Waals surface area contributed by atoms with Crippen molar-refractivity contribution in [2.45, 2.75) is 84.7 Å². The van der Waals surface area contributed by atoms with E-state index in [4.69, 9.17) is 4.74 Å². The zero-order valence-electron chi connectivity index (χ0n) is 17.3. The summed E-state index contributed by atoms with van der Waals surface area (Å²) in [7, 11) is 0. The molecule has 1 aromatic carbocycles. The zero-order valence-corrected chi connectivity index (χ0v) is 17.3. The fourth-order valence-corrected chi connectivity index (χ4v) is 4.99. The Morgan fingerprint density at radius 3 is 2.62 bits per heavy atom. The summed E-state index contributed by atoms with van der Waals surface area (Å²) in [5.41, 5.74) is 3.67. The number of allylic oxidation sites excluding steroid dienone is 1. The van der Waals surface area contributed by atoms with Crippen LogP contribution in [-0.4, -0.2) is 12.1 Å². The highest BCUT2D eigenvalue weighted by atomic mass is 16.5. The van der Waals surface area contributed by atoms with Gasteiger partial charge in [0.2, 0.25) is 0 Å². The average molecular weight is 355 g/mol. The van der Waals surface area contributed by atoms with Crippen LogP contribution in [0.1, 0.15) is 89.8 Å². The standard InChI is InChI=1S/C24H34O2/c1-7-17(4)26-22(25)24(6)14-8-13-23(5)20-11-9-18(16(2)3)15-19(20)10-12-21(23)24/h9-12,15-17,21H,7-8,13-14H2,1-6H3. The van der Waals surface area contributed by atoms with Gasteiger partial charge in [0.1, 0.15) is 0 Å². The first-order chi connectivity index (χ1) is 12.2. The number of carbonyl (C=O) groups is 1. The van der Waals surface area contributed by atoms with Crippen LogP contribution in [-0.2, 0) is 14.9 Å². The van der Waals surface area contributed by atoms with Crippen molar-refractivity contribution in [3.8, 4) is 0 Å². The summed E-state index contributed by atoms with van der Waals surface area (Å²) in [6.07, 6.45) is 8.49. The number of carbonyl (C=O) groups excluding carboxylic acids is 1. The van der Waals surface area contributed by atoms with Crippen molar-refractivity contribution in [3.05, 3.63) is 41.0 Å². The van der Waals surface area contributed by atoms with E-state index >= 15 is 0 Å². The molecule has 4 atom stereocenters. The van der Waals surface area contributed by atoms with Gasteiger partial charge in [0.15, 0.2) is 0 Å². The van der Waals surface area contributed by atoms with E-state index in [1.165, 1.54) is 16.7 Å². The van der Waals surface area contributed by atoms with E-state index in [1.54, 1.807) is 0 Å². The highest BCUT2D eigenvalue weighted by molar-refractivity contribution is 5.79. The molecule has 0 aromatic heterocycles. The van der Waals surface area contributed by atoms with Gasteiger partial charge in [-0.3, -0.25) is 4.79 Å². The molecule has 0 N–H and O–H groups in total. The van der Waals surface area contributed by atoms with E-state index in [0.29, 0.717) is 5.92 Å². The fraction of sp³-hybridized carbons (Fsp3) is 0.625. The molecule has 0 radical (unpaired) electrons. The van der Waals surface area contributed by atoms with Crippen molar-refractivity contribution < 1.29 is 9.53 Å². The molecule has 1 fully saturated rings. The van der Waals surface area contributed by atoms with E-state index in [-0.39, 0.29) is 23.4 Å². The molecule has 2 heteroatoms. The van der Waals surface area contributed by atoms with Crippen LogP contribution in [0.25, 0.3) is 6.08 Å². The van der Waals surface area contributed by atoms with Gasteiger partial charge in [0, 0.05) is 11.3 Å². The van der Waals surface area contributed by atoms with Gasteiger partial charge in [-0.1, -0.05) is 64.5 Å². The molecule has 3 rings (SSSR count). The average Bonchev–Trinajstić information content (AvgIpc) is 2.60. The number of ether oxygens (including phenoxy) is 1. The van der Waals surface area contributed by atoms with Crippen molar-refractivity contribution in [1.29, 1.82) is 0 Å². The Labute approximate surface area is 159 Å². The molecule has 0 aliphatic heterocycles. The lowest BCUT2D eigenvalue weighted by atomic mass is 9.51. The van der Waals surface area contributed by atoms with Crippen LogP contribution >= 0.6 is 0 Å². The van der Waals surface area contributed by atoms with Gasteiger partial charge < -0.3 is 4.74 Å². The minimum Gasteiger partial charge on any atom is -0.462 e. The smallest absolute Gasteiger partial charge is 0.312 e. The minimum atomic E-state index is -0.443. The third-order valence-corrected chi connectivity index (χ3v) is 6.94. The molecule has 1 aromatic rings. The SMILES string of the molecule is CCC(C)OC(=O)C1(C)CCCC2(C)c3ccc(C(C)C)cc3C=CC12. The second-order valence-corrected chi connectivity index (χ2v) is 9.15. The number of hydrogen-bond donors (Lipinski definition) is 0. The third kappa shape index (κ3) is 3.02. The molecule has 2 nitrogen and oxygen atoms in total. The second-order valence-electron chi connectivity index (χ2n) is 9.15. The molecule has 26 heavy (non-hydrogen) atoms. The lowest BCUT2D eigenvalue weighted by Gasteiger charge is -2.52. The summed E-state index contributed by atoms with van der Waals surface area (Å²) >= 11 is 0. The lowest BCUT2D eigenvalue weighted by Crippen LogP contribution is -2.51. The molecule has 0 bridgehead atoms. The second kappa shape index (κ2) is 6.87. The number of hydrogen-bond acceptors (Lipinski definition) is 2. The van der Waals surface area contributed by atoms with Gasteiger partial charge >= 0.3 is 5.97 Å². The van der Waals surface area contributed by atoms with Crippen LogP contribution in [0.15, 0.2) is 24.3 Å². The maximum atomic E-state index is 13.1. The Bertz CT molecular complexity index is 717. The number of rotatable bonds is 4. The highest BCUT2D eigenvalue weighted by Crippen LogP contribution is 2.56. The molecule has 0 amide bonds. The van der Waals surface area contributed by atoms with E-state index in [1.807, 2.05) is 6.92 Å². The Kier molecular flexibility index (Phi) is 5.07. The first-order valence-corrected chi connectivity index (χ1v) is 10.3. The van der Waals surface area contributed by atoms with Crippen LogP contribution in [0.5, 0.6) is 0 Å². The molecule has 1 saturated carbocycles. The largest absolute Gasteiger partial charge is 0.462 e. The molecule has 0 spiro atoms. The summed E-state index contributed by atoms with van der Waals surface area (Å²) < 4.78 is 5.80. The Balaban J connectivity index is 2.00. The third-order valence-electron chi connectivity index (χ3n) is 6.94. The van der Waals surface area contributed by atoms with Crippen molar-refractivity contribution in [2.75, 3.05) is 0 Å². The lowest BCUT2D eigenvalue weighted by molar-refractivity contribution is -0.166. The monoisotopic (exact) mass is 354 g/mol.